The van der Waals surface area contributed by atoms with Crippen LogP contribution in [-0.2, 0) is 4.79 Å². The lowest BCUT2D eigenvalue weighted by Gasteiger charge is -2.38. The number of benzene rings is 1. The van der Waals surface area contributed by atoms with E-state index in [0.717, 1.165) is 11.3 Å². The van der Waals surface area contributed by atoms with Crippen molar-refractivity contribution < 1.29 is 14.0 Å². The lowest BCUT2D eigenvalue weighted by Crippen LogP contribution is -2.57. The van der Waals surface area contributed by atoms with Crippen molar-refractivity contribution in [3.8, 4) is 0 Å². The van der Waals surface area contributed by atoms with E-state index in [1.807, 2.05) is 31.2 Å². The molecule has 114 valence electrons. The first-order chi connectivity index (χ1) is 10.6. The van der Waals surface area contributed by atoms with Gasteiger partial charge in [0.25, 0.3) is 5.91 Å². The van der Waals surface area contributed by atoms with Crippen molar-refractivity contribution in [3.63, 3.8) is 0 Å². The Morgan fingerprint density at radius 1 is 1.23 bits per heavy atom. The third-order valence-electron chi connectivity index (χ3n) is 3.96. The van der Waals surface area contributed by atoms with Crippen molar-refractivity contribution >= 4 is 17.5 Å². The zero-order valence-electron chi connectivity index (χ0n) is 12.7. The molecule has 1 saturated heterocycles. The van der Waals surface area contributed by atoms with E-state index in [0.29, 0.717) is 13.1 Å². The maximum absolute atomic E-state index is 12.6. The number of carbonyl (C=O) groups excluding carboxylic acids is 2. The smallest absolute Gasteiger partial charge is 0.290 e. The van der Waals surface area contributed by atoms with Gasteiger partial charge in [-0.3, -0.25) is 9.59 Å². The Bertz CT molecular complexity index is 694. The minimum absolute atomic E-state index is 0.0724. The number of hydrogen-bond acceptors (Lipinski definition) is 3. The van der Waals surface area contributed by atoms with Crippen LogP contribution in [0.4, 0.5) is 5.69 Å². The highest BCUT2D eigenvalue weighted by atomic mass is 16.3. The van der Waals surface area contributed by atoms with Crippen molar-refractivity contribution in [1.82, 2.24) is 4.90 Å². The largest absolute Gasteiger partial charge is 0.459 e. The summed E-state index contributed by atoms with van der Waals surface area (Å²) in [6.07, 6.45) is 1.46. The quantitative estimate of drug-likeness (QED) is 0.856. The molecular weight excluding hydrogens is 280 g/mol. The van der Waals surface area contributed by atoms with Gasteiger partial charge in [0.05, 0.1) is 6.26 Å². The molecule has 2 amide bonds. The van der Waals surface area contributed by atoms with Crippen LogP contribution in [0.2, 0.25) is 0 Å². The summed E-state index contributed by atoms with van der Waals surface area (Å²) in [5.41, 5.74) is 1.98. The van der Waals surface area contributed by atoms with E-state index in [-0.39, 0.29) is 17.6 Å². The predicted octanol–water partition coefficient (Wildman–Crippen LogP) is 2.47. The second-order valence-corrected chi connectivity index (χ2v) is 5.48. The van der Waals surface area contributed by atoms with Crippen molar-refractivity contribution in [3.05, 3.63) is 54.0 Å². The van der Waals surface area contributed by atoms with Gasteiger partial charge < -0.3 is 14.2 Å². The van der Waals surface area contributed by atoms with E-state index in [1.165, 1.54) is 6.26 Å². The molecule has 1 unspecified atom stereocenters. The van der Waals surface area contributed by atoms with Gasteiger partial charge in [0.1, 0.15) is 6.04 Å². The standard InChI is InChI=1S/C17H18N2O3/c1-12-5-3-6-14(11-12)19-9-8-18(13(2)16(19)20)17(21)15-7-4-10-22-15/h3-7,10-11,13H,8-9H2,1-2H3. The Labute approximate surface area is 129 Å². The van der Waals surface area contributed by atoms with E-state index in [2.05, 4.69) is 0 Å². The lowest BCUT2D eigenvalue weighted by molar-refractivity contribution is -0.124. The van der Waals surface area contributed by atoms with Gasteiger partial charge >= 0.3 is 0 Å². The number of carbonyl (C=O) groups is 2. The molecule has 1 atom stereocenters. The third-order valence-corrected chi connectivity index (χ3v) is 3.96. The third kappa shape index (κ3) is 2.50. The topological polar surface area (TPSA) is 53.8 Å². The van der Waals surface area contributed by atoms with Gasteiger partial charge in [-0.15, -0.1) is 0 Å². The molecule has 1 fully saturated rings. The number of piperazine rings is 1. The Morgan fingerprint density at radius 2 is 2.05 bits per heavy atom. The number of anilines is 1. The highest BCUT2D eigenvalue weighted by molar-refractivity contribution is 6.02. The van der Waals surface area contributed by atoms with Gasteiger partial charge in [-0.05, 0) is 43.7 Å². The molecule has 5 heteroatoms. The molecule has 0 bridgehead atoms. The molecule has 3 rings (SSSR count). The van der Waals surface area contributed by atoms with Crippen molar-refractivity contribution in [2.45, 2.75) is 19.9 Å². The predicted molar refractivity (Wildman–Crippen MR) is 82.7 cm³/mol. The number of amides is 2. The Kier molecular flexibility index (Phi) is 3.71. The molecule has 0 spiro atoms. The zero-order valence-corrected chi connectivity index (χ0v) is 12.7. The molecule has 2 heterocycles. The highest BCUT2D eigenvalue weighted by Crippen LogP contribution is 2.22. The van der Waals surface area contributed by atoms with Gasteiger partial charge in [0.2, 0.25) is 5.91 Å². The van der Waals surface area contributed by atoms with Crippen LogP contribution in [0.1, 0.15) is 23.0 Å². The van der Waals surface area contributed by atoms with Gasteiger partial charge in [-0.25, -0.2) is 0 Å². The van der Waals surface area contributed by atoms with Crippen molar-refractivity contribution in [2.24, 2.45) is 0 Å². The molecule has 1 aliphatic heterocycles. The Balaban J connectivity index is 1.80. The zero-order chi connectivity index (χ0) is 15.7. The van der Waals surface area contributed by atoms with E-state index < -0.39 is 6.04 Å². The molecule has 0 aliphatic carbocycles. The van der Waals surface area contributed by atoms with Gasteiger partial charge in [0.15, 0.2) is 5.76 Å². The summed E-state index contributed by atoms with van der Waals surface area (Å²) in [5.74, 6) is -0.0462. The molecule has 0 saturated carbocycles. The Hall–Kier alpha value is -2.56. The highest BCUT2D eigenvalue weighted by Gasteiger charge is 2.36. The average Bonchev–Trinajstić information content (AvgIpc) is 3.03. The van der Waals surface area contributed by atoms with E-state index >= 15 is 0 Å². The van der Waals surface area contributed by atoms with Crippen LogP contribution >= 0.6 is 0 Å². The van der Waals surface area contributed by atoms with Gasteiger partial charge in [0, 0.05) is 18.8 Å². The van der Waals surface area contributed by atoms with Crippen molar-refractivity contribution in [1.29, 1.82) is 0 Å². The van der Waals surface area contributed by atoms with E-state index in [4.69, 9.17) is 4.42 Å². The van der Waals surface area contributed by atoms with Crippen molar-refractivity contribution in [2.75, 3.05) is 18.0 Å². The van der Waals surface area contributed by atoms with Gasteiger partial charge in [-0.2, -0.15) is 0 Å². The molecule has 1 aliphatic rings. The lowest BCUT2D eigenvalue weighted by atomic mass is 10.1. The minimum Gasteiger partial charge on any atom is -0.459 e. The molecule has 5 nitrogen and oxygen atoms in total. The molecule has 22 heavy (non-hydrogen) atoms. The summed E-state index contributed by atoms with van der Waals surface area (Å²) in [6.45, 7) is 4.72. The van der Waals surface area contributed by atoms with Crippen LogP contribution in [0.5, 0.6) is 0 Å². The second-order valence-electron chi connectivity index (χ2n) is 5.48. The minimum atomic E-state index is -0.508. The molecule has 1 aromatic heterocycles. The molecular formula is C17H18N2O3. The average molecular weight is 298 g/mol. The summed E-state index contributed by atoms with van der Waals surface area (Å²) >= 11 is 0. The second kappa shape index (κ2) is 5.67. The van der Waals surface area contributed by atoms with E-state index in [9.17, 15) is 9.59 Å². The number of rotatable bonds is 2. The fraction of sp³-hybridized carbons (Fsp3) is 0.294. The van der Waals surface area contributed by atoms with Crippen LogP contribution in [0.15, 0.2) is 47.1 Å². The number of nitrogens with zero attached hydrogens (tertiary/aromatic N) is 2. The first kappa shape index (κ1) is 14.4. The first-order valence-corrected chi connectivity index (χ1v) is 7.30. The fourth-order valence-electron chi connectivity index (χ4n) is 2.74. The number of furan rings is 1. The van der Waals surface area contributed by atoms with Crippen LogP contribution < -0.4 is 4.90 Å². The van der Waals surface area contributed by atoms with Crippen LogP contribution in [0.25, 0.3) is 0 Å². The summed E-state index contributed by atoms with van der Waals surface area (Å²) in [6, 6.07) is 10.6. The fourth-order valence-corrected chi connectivity index (χ4v) is 2.74. The monoisotopic (exact) mass is 298 g/mol. The summed E-state index contributed by atoms with van der Waals surface area (Å²) in [5, 5.41) is 0. The van der Waals surface area contributed by atoms with E-state index in [1.54, 1.807) is 28.9 Å². The maximum atomic E-state index is 12.6. The van der Waals surface area contributed by atoms with Crippen LogP contribution in [0, 0.1) is 6.92 Å². The summed E-state index contributed by atoms with van der Waals surface area (Å²) in [4.78, 5) is 28.3. The summed E-state index contributed by atoms with van der Waals surface area (Å²) in [7, 11) is 0. The molecule has 2 aromatic rings. The Morgan fingerprint density at radius 3 is 2.73 bits per heavy atom. The van der Waals surface area contributed by atoms with Gasteiger partial charge in [-0.1, -0.05) is 12.1 Å². The summed E-state index contributed by atoms with van der Waals surface area (Å²) < 4.78 is 5.14. The molecule has 1 aromatic carbocycles. The van der Waals surface area contributed by atoms with Crippen LogP contribution in [0.3, 0.4) is 0 Å². The molecule has 0 N–H and O–H groups in total. The normalized spacial score (nSPS) is 18.6. The molecule has 0 radical (unpaired) electrons. The number of hydrogen-bond donors (Lipinski definition) is 0. The SMILES string of the molecule is Cc1cccc(N2CCN(C(=O)c3ccco3)C(C)C2=O)c1. The van der Waals surface area contributed by atoms with Crippen LogP contribution in [-0.4, -0.2) is 35.8 Å². The first-order valence-electron chi connectivity index (χ1n) is 7.30. The maximum Gasteiger partial charge on any atom is 0.290 e. The number of aryl methyl sites for hydroxylation is 1.